The molecular weight excluding hydrogens is 112 g/mol. The zero-order valence-corrected chi connectivity index (χ0v) is 5.48. The Morgan fingerprint density at radius 3 is 2.89 bits per heavy atom. The minimum absolute atomic E-state index is 0.465. The fourth-order valence-electron chi connectivity index (χ4n) is 1.25. The normalized spacial score (nSPS) is 40.9. The van der Waals surface area contributed by atoms with Gasteiger partial charge in [0.1, 0.15) is 0 Å². The van der Waals surface area contributed by atoms with E-state index in [1.54, 1.807) is 0 Å². The minimum atomic E-state index is 0.465. The van der Waals surface area contributed by atoms with Crippen molar-refractivity contribution in [3.05, 3.63) is 12.2 Å². The third kappa shape index (κ3) is 1.00. The molecule has 0 amide bonds. The maximum atomic E-state index is 3.38. The largest absolute Gasteiger partial charge is 0.311 e. The molecule has 2 aliphatic heterocycles. The maximum Gasteiger partial charge on any atom is 0.0468 e. The Morgan fingerprint density at radius 1 is 1.22 bits per heavy atom. The van der Waals surface area contributed by atoms with Gasteiger partial charge in [0, 0.05) is 25.2 Å². The van der Waals surface area contributed by atoms with Gasteiger partial charge in [0.25, 0.3) is 0 Å². The van der Waals surface area contributed by atoms with Crippen LogP contribution in [0.5, 0.6) is 0 Å². The van der Waals surface area contributed by atoms with Crippen LogP contribution in [0.2, 0.25) is 0 Å². The first kappa shape index (κ1) is 5.45. The number of hydrogen-bond donors (Lipinski definition) is 2. The molecule has 0 aromatic heterocycles. The molecule has 1 spiro atoms. The lowest BCUT2D eigenvalue weighted by atomic mass is 10.1. The van der Waals surface area contributed by atoms with E-state index in [-0.39, 0.29) is 0 Å². The van der Waals surface area contributed by atoms with Gasteiger partial charge in [0.2, 0.25) is 0 Å². The summed E-state index contributed by atoms with van der Waals surface area (Å²) >= 11 is 0. The Bertz CT molecular complexity index is 136. The van der Waals surface area contributed by atoms with Crippen molar-refractivity contribution in [2.45, 2.75) is 12.0 Å². The lowest BCUT2D eigenvalue weighted by Crippen LogP contribution is -2.30. The second-order valence-corrected chi connectivity index (χ2v) is 2.94. The molecule has 2 heterocycles. The van der Waals surface area contributed by atoms with Crippen LogP contribution in [0.15, 0.2) is 12.2 Å². The van der Waals surface area contributed by atoms with Gasteiger partial charge < -0.3 is 10.6 Å². The van der Waals surface area contributed by atoms with Crippen molar-refractivity contribution < 1.29 is 0 Å². The third-order valence-electron chi connectivity index (χ3n) is 2.08. The highest BCUT2D eigenvalue weighted by molar-refractivity contribution is 5.12. The number of rotatable bonds is 0. The van der Waals surface area contributed by atoms with Gasteiger partial charge in [-0.25, -0.2) is 0 Å². The van der Waals surface area contributed by atoms with Crippen LogP contribution in [0.3, 0.4) is 0 Å². The highest BCUT2D eigenvalue weighted by Crippen LogP contribution is 2.21. The van der Waals surface area contributed by atoms with Gasteiger partial charge in [-0.2, -0.15) is 0 Å². The SMILES string of the molecule is C1=CCC2(CNC1)CN2. The van der Waals surface area contributed by atoms with Crippen molar-refractivity contribution in [1.29, 1.82) is 0 Å². The fourth-order valence-corrected chi connectivity index (χ4v) is 1.25. The van der Waals surface area contributed by atoms with E-state index in [4.69, 9.17) is 0 Å². The minimum Gasteiger partial charge on any atom is -0.311 e. The van der Waals surface area contributed by atoms with Gasteiger partial charge >= 0.3 is 0 Å². The Morgan fingerprint density at radius 2 is 2.11 bits per heavy atom. The van der Waals surface area contributed by atoms with Gasteiger partial charge in [-0.05, 0) is 6.42 Å². The summed E-state index contributed by atoms with van der Waals surface area (Å²) in [5, 5.41) is 6.73. The molecule has 1 unspecified atom stereocenters. The van der Waals surface area contributed by atoms with E-state index in [1.807, 2.05) is 0 Å². The molecule has 0 aromatic rings. The first-order valence-corrected chi connectivity index (χ1v) is 3.52. The molecule has 0 aromatic carbocycles. The van der Waals surface area contributed by atoms with Crippen LogP contribution >= 0.6 is 0 Å². The highest BCUT2D eigenvalue weighted by atomic mass is 15.2. The second kappa shape index (κ2) is 1.82. The van der Waals surface area contributed by atoms with Crippen LogP contribution in [0.1, 0.15) is 6.42 Å². The van der Waals surface area contributed by atoms with Crippen LogP contribution in [-0.2, 0) is 0 Å². The summed E-state index contributed by atoms with van der Waals surface area (Å²) in [5.74, 6) is 0. The predicted molar refractivity (Wildman–Crippen MR) is 37.4 cm³/mol. The Balaban J connectivity index is 2.02. The van der Waals surface area contributed by atoms with Gasteiger partial charge in [0.05, 0.1) is 0 Å². The van der Waals surface area contributed by atoms with Crippen LogP contribution in [0, 0.1) is 0 Å². The van der Waals surface area contributed by atoms with Crippen LogP contribution in [0.25, 0.3) is 0 Å². The molecule has 1 atom stereocenters. The van der Waals surface area contributed by atoms with E-state index >= 15 is 0 Å². The van der Waals surface area contributed by atoms with Gasteiger partial charge in [-0.1, -0.05) is 12.2 Å². The van der Waals surface area contributed by atoms with Crippen molar-refractivity contribution in [3.63, 3.8) is 0 Å². The van der Waals surface area contributed by atoms with E-state index in [2.05, 4.69) is 22.8 Å². The fraction of sp³-hybridized carbons (Fsp3) is 0.714. The summed E-state index contributed by atoms with van der Waals surface area (Å²) in [6.07, 6.45) is 5.68. The summed E-state index contributed by atoms with van der Waals surface area (Å²) in [5.41, 5.74) is 0.465. The van der Waals surface area contributed by atoms with Crippen LogP contribution in [0.4, 0.5) is 0 Å². The smallest absolute Gasteiger partial charge is 0.0468 e. The second-order valence-electron chi connectivity index (χ2n) is 2.94. The van der Waals surface area contributed by atoms with E-state index in [0.717, 1.165) is 13.1 Å². The summed E-state index contributed by atoms with van der Waals surface area (Å²) in [7, 11) is 0. The third-order valence-corrected chi connectivity index (χ3v) is 2.08. The van der Waals surface area contributed by atoms with Crippen molar-refractivity contribution in [2.24, 2.45) is 0 Å². The maximum absolute atomic E-state index is 3.38. The van der Waals surface area contributed by atoms with E-state index in [0.29, 0.717) is 5.54 Å². The van der Waals surface area contributed by atoms with Gasteiger partial charge in [-0.15, -0.1) is 0 Å². The van der Waals surface area contributed by atoms with E-state index in [9.17, 15) is 0 Å². The monoisotopic (exact) mass is 124 g/mol. The predicted octanol–water partition coefficient (Wildman–Crippen LogP) is -0.122. The lowest BCUT2D eigenvalue weighted by molar-refractivity contribution is 0.585. The van der Waals surface area contributed by atoms with Crippen LogP contribution < -0.4 is 10.6 Å². The van der Waals surface area contributed by atoms with E-state index < -0.39 is 0 Å². The average molecular weight is 124 g/mol. The molecule has 1 fully saturated rings. The summed E-state index contributed by atoms with van der Waals surface area (Å²) in [6, 6.07) is 0. The van der Waals surface area contributed by atoms with Crippen molar-refractivity contribution >= 4 is 0 Å². The van der Waals surface area contributed by atoms with Gasteiger partial charge in [0.15, 0.2) is 0 Å². The molecule has 2 nitrogen and oxygen atoms in total. The molecule has 9 heavy (non-hydrogen) atoms. The molecule has 2 N–H and O–H groups in total. The van der Waals surface area contributed by atoms with Crippen molar-refractivity contribution in [2.75, 3.05) is 19.6 Å². The zero-order valence-electron chi connectivity index (χ0n) is 5.48. The van der Waals surface area contributed by atoms with E-state index in [1.165, 1.54) is 13.0 Å². The summed E-state index contributed by atoms with van der Waals surface area (Å²) in [4.78, 5) is 0. The molecule has 2 aliphatic rings. The first-order chi connectivity index (χ1) is 4.41. The Kier molecular flexibility index (Phi) is 1.10. The Labute approximate surface area is 55.3 Å². The number of nitrogens with one attached hydrogen (secondary N) is 2. The number of hydrogen-bond acceptors (Lipinski definition) is 2. The summed E-state index contributed by atoms with van der Waals surface area (Å²) in [6.45, 7) is 3.38. The molecule has 2 heteroatoms. The first-order valence-electron chi connectivity index (χ1n) is 3.52. The molecule has 2 rings (SSSR count). The Hall–Kier alpha value is -0.340. The standard InChI is InChI=1S/C7H12N2/c1-2-4-8-5-7(3-1)6-9-7/h1-2,8-9H,3-6H2. The average Bonchev–Trinajstić information content (AvgIpc) is 2.64. The van der Waals surface area contributed by atoms with Crippen molar-refractivity contribution in [1.82, 2.24) is 10.6 Å². The molecule has 50 valence electrons. The van der Waals surface area contributed by atoms with Crippen LogP contribution in [-0.4, -0.2) is 25.2 Å². The molecule has 0 radical (unpaired) electrons. The highest BCUT2D eigenvalue weighted by Gasteiger charge is 2.40. The molecule has 0 aliphatic carbocycles. The molecule has 0 saturated carbocycles. The molecule has 1 saturated heterocycles. The lowest BCUT2D eigenvalue weighted by Gasteiger charge is -2.07. The molecular formula is C7H12N2. The van der Waals surface area contributed by atoms with Crippen molar-refractivity contribution in [3.8, 4) is 0 Å². The summed E-state index contributed by atoms with van der Waals surface area (Å²) < 4.78 is 0. The zero-order chi connectivity index (χ0) is 6.16. The topological polar surface area (TPSA) is 34.0 Å². The molecule has 0 bridgehead atoms. The quantitative estimate of drug-likeness (QED) is 0.348. The van der Waals surface area contributed by atoms with Gasteiger partial charge in [-0.3, -0.25) is 0 Å².